The van der Waals surface area contributed by atoms with Gasteiger partial charge in [-0.25, -0.2) is 0 Å². The highest BCUT2D eigenvalue weighted by Gasteiger charge is 2.60. The molecule has 0 aromatic heterocycles. The van der Waals surface area contributed by atoms with Crippen molar-refractivity contribution in [2.45, 2.75) is 31.6 Å². The maximum Gasteiger partial charge on any atom is 0.245 e. The molecule has 160 valence electrons. The van der Waals surface area contributed by atoms with Gasteiger partial charge in [-0.15, -0.1) is 0 Å². The Hall–Kier alpha value is -3.08. The highest BCUT2D eigenvalue weighted by molar-refractivity contribution is 9.10. The van der Waals surface area contributed by atoms with E-state index in [-0.39, 0.29) is 17.2 Å². The predicted octanol–water partition coefficient (Wildman–Crippen LogP) is 4.82. The molecule has 32 heavy (non-hydrogen) atoms. The van der Waals surface area contributed by atoms with E-state index in [1.165, 1.54) is 0 Å². The second-order valence-corrected chi connectivity index (χ2v) is 9.48. The number of fused-ring (bicyclic) bond motifs is 3. The normalized spacial score (nSPS) is 22.1. The van der Waals surface area contributed by atoms with Crippen molar-refractivity contribution in [1.82, 2.24) is 0 Å². The predicted molar refractivity (Wildman–Crippen MR) is 126 cm³/mol. The number of carbonyl (C=O) groups is 2. The van der Waals surface area contributed by atoms with E-state index in [0.29, 0.717) is 46.8 Å². The Bertz CT molecular complexity index is 1340. The van der Waals surface area contributed by atoms with Gasteiger partial charge in [0.2, 0.25) is 5.91 Å². The summed E-state index contributed by atoms with van der Waals surface area (Å²) in [5.41, 5.74) is 8.75. The average Bonchev–Trinajstić information content (AvgIpc) is 3.02. The number of benzene rings is 2. The largest absolute Gasteiger partial charge is 0.384 e. The molecular weight excluding hydrogens is 492 g/mol. The molecule has 1 amide bonds. The van der Waals surface area contributed by atoms with Crippen LogP contribution in [0.25, 0.3) is 0 Å². The molecule has 2 heterocycles. The zero-order valence-corrected chi connectivity index (χ0v) is 19.5. The van der Waals surface area contributed by atoms with E-state index in [2.05, 4.69) is 27.3 Å². The number of nitriles is 1. The van der Waals surface area contributed by atoms with Crippen LogP contribution >= 0.6 is 27.5 Å². The Labute approximate surface area is 198 Å². The Kier molecular flexibility index (Phi) is 4.70. The molecule has 3 aliphatic rings. The molecule has 1 unspecified atom stereocenters. The first kappa shape index (κ1) is 20.8. The summed E-state index contributed by atoms with van der Waals surface area (Å²) in [6.45, 7) is 1.94. The minimum atomic E-state index is -1.61. The summed E-state index contributed by atoms with van der Waals surface area (Å²) in [6, 6.07) is 12.9. The van der Waals surface area contributed by atoms with Crippen LogP contribution < -0.4 is 16.0 Å². The average molecular weight is 510 g/mol. The molecule has 0 bridgehead atoms. The molecule has 0 saturated heterocycles. The number of halogens is 2. The quantitative estimate of drug-likeness (QED) is 0.574. The topological polar surface area (TPSA) is 99.2 Å². The number of Topliss-reactive ketones (excluding diaryl/α,β-unsaturated/α-hetero) is 1. The summed E-state index contributed by atoms with van der Waals surface area (Å²) < 4.78 is 0.906. The lowest BCUT2D eigenvalue weighted by molar-refractivity contribution is -0.122. The van der Waals surface area contributed by atoms with Gasteiger partial charge in [0.15, 0.2) is 5.78 Å². The zero-order valence-electron chi connectivity index (χ0n) is 17.1. The number of anilines is 2. The number of allylic oxidation sites excluding steroid dienone is 1. The van der Waals surface area contributed by atoms with Gasteiger partial charge in [-0.2, -0.15) is 5.26 Å². The Morgan fingerprint density at radius 3 is 2.72 bits per heavy atom. The highest BCUT2D eigenvalue weighted by Crippen LogP contribution is 2.55. The van der Waals surface area contributed by atoms with Crippen LogP contribution in [0.4, 0.5) is 11.4 Å². The van der Waals surface area contributed by atoms with Gasteiger partial charge in [0.05, 0.1) is 11.3 Å². The van der Waals surface area contributed by atoms with Crippen molar-refractivity contribution in [2.75, 3.05) is 10.2 Å². The molecule has 2 aliphatic heterocycles. The highest BCUT2D eigenvalue weighted by atomic mass is 79.9. The number of nitrogens with zero attached hydrogens (tertiary/aromatic N) is 2. The molecule has 1 aliphatic carbocycles. The summed E-state index contributed by atoms with van der Waals surface area (Å²) in [4.78, 5) is 28.8. The standard InChI is InChI=1S/C24H18BrClN4O2/c1-12-9-13(25)5-8-18(12)30-19-3-2-4-20(31)21(19)24(16(11-27)22(30)28)15-10-14(26)6-7-17(15)29-23(24)32/h5-10H,2-4,28H2,1H3,(H,29,32). The third-order valence-electron chi connectivity index (χ3n) is 6.39. The molecule has 2 aromatic carbocycles. The summed E-state index contributed by atoms with van der Waals surface area (Å²) >= 11 is 9.76. The first-order valence-corrected chi connectivity index (χ1v) is 11.3. The van der Waals surface area contributed by atoms with E-state index >= 15 is 0 Å². The third kappa shape index (κ3) is 2.63. The molecule has 1 atom stereocenters. The molecule has 0 saturated carbocycles. The van der Waals surface area contributed by atoms with E-state index in [0.717, 1.165) is 15.7 Å². The van der Waals surface area contributed by atoms with Crippen molar-refractivity contribution in [1.29, 1.82) is 5.26 Å². The van der Waals surface area contributed by atoms with Crippen LogP contribution in [0, 0.1) is 18.3 Å². The first-order chi connectivity index (χ1) is 15.3. The van der Waals surface area contributed by atoms with Crippen LogP contribution in [0.15, 0.2) is 63.5 Å². The van der Waals surface area contributed by atoms with Gasteiger partial charge in [0.25, 0.3) is 0 Å². The Morgan fingerprint density at radius 2 is 2.00 bits per heavy atom. The van der Waals surface area contributed by atoms with Crippen LogP contribution in [-0.2, 0) is 15.0 Å². The van der Waals surface area contributed by atoms with E-state index < -0.39 is 11.3 Å². The number of rotatable bonds is 1. The second-order valence-electron chi connectivity index (χ2n) is 8.13. The summed E-state index contributed by atoms with van der Waals surface area (Å²) in [6.07, 6.45) is 1.50. The van der Waals surface area contributed by atoms with Gasteiger partial charge in [0, 0.05) is 38.4 Å². The number of amides is 1. The smallest absolute Gasteiger partial charge is 0.245 e. The molecule has 1 spiro atoms. The fourth-order valence-corrected chi connectivity index (χ4v) is 5.76. The second kappa shape index (κ2) is 7.22. The summed E-state index contributed by atoms with van der Waals surface area (Å²) in [7, 11) is 0. The zero-order chi connectivity index (χ0) is 22.8. The van der Waals surface area contributed by atoms with Crippen LogP contribution in [0.3, 0.4) is 0 Å². The molecule has 5 rings (SSSR count). The molecule has 0 radical (unpaired) electrons. The first-order valence-electron chi connectivity index (χ1n) is 10.2. The fourth-order valence-electron chi connectivity index (χ4n) is 5.11. The van der Waals surface area contributed by atoms with E-state index in [1.807, 2.05) is 25.1 Å². The molecule has 8 heteroatoms. The van der Waals surface area contributed by atoms with Crippen molar-refractivity contribution in [3.63, 3.8) is 0 Å². The summed E-state index contributed by atoms with van der Waals surface area (Å²) in [5, 5.41) is 13.5. The van der Waals surface area contributed by atoms with Crippen LogP contribution in [0.1, 0.15) is 30.4 Å². The van der Waals surface area contributed by atoms with Crippen LogP contribution in [0.2, 0.25) is 5.02 Å². The van der Waals surface area contributed by atoms with Crippen LogP contribution in [-0.4, -0.2) is 11.7 Å². The van der Waals surface area contributed by atoms with Crippen molar-refractivity contribution in [3.05, 3.63) is 79.7 Å². The SMILES string of the molecule is Cc1cc(Br)ccc1N1C(N)=C(C#N)C2(C(=O)Nc3ccc(Cl)cc32)C2=C1CCCC2=O. The van der Waals surface area contributed by atoms with Crippen molar-refractivity contribution in [3.8, 4) is 6.07 Å². The minimum absolute atomic E-state index is 0.0346. The van der Waals surface area contributed by atoms with Gasteiger partial charge in [-0.1, -0.05) is 27.5 Å². The van der Waals surface area contributed by atoms with Gasteiger partial charge in [-0.05, 0) is 61.7 Å². The van der Waals surface area contributed by atoms with Gasteiger partial charge in [-0.3, -0.25) is 14.5 Å². The number of hydrogen-bond acceptors (Lipinski definition) is 5. The number of hydrogen-bond donors (Lipinski definition) is 2. The van der Waals surface area contributed by atoms with Crippen LogP contribution in [0.5, 0.6) is 0 Å². The molecular formula is C24H18BrClN4O2. The lowest BCUT2D eigenvalue weighted by Crippen LogP contribution is -2.50. The lowest BCUT2D eigenvalue weighted by atomic mass is 9.64. The van der Waals surface area contributed by atoms with E-state index in [1.54, 1.807) is 23.1 Å². The molecule has 6 nitrogen and oxygen atoms in total. The molecule has 2 aromatic rings. The van der Waals surface area contributed by atoms with Crippen molar-refractivity contribution in [2.24, 2.45) is 5.73 Å². The van der Waals surface area contributed by atoms with E-state index in [4.69, 9.17) is 17.3 Å². The number of nitrogens with one attached hydrogen (secondary N) is 1. The monoisotopic (exact) mass is 508 g/mol. The minimum Gasteiger partial charge on any atom is -0.384 e. The Morgan fingerprint density at radius 1 is 1.22 bits per heavy atom. The fraction of sp³-hybridized carbons (Fsp3) is 0.208. The number of nitrogens with two attached hydrogens (primary N) is 1. The molecule has 0 fully saturated rings. The van der Waals surface area contributed by atoms with Gasteiger partial charge in [0.1, 0.15) is 17.3 Å². The van der Waals surface area contributed by atoms with Crippen molar-refractivity contribution >= 4 is 50.6 Å². The van der Waals surface area contributed by atoms with E-state index in [9.17, 15) is 14.9 Å². The number of aryl methyl sites for hydroxylation is 1. The maximum atomic E-state index is 13.6. The molecule has 3 N–H and O–H groups in total. The van der Waals surface area contributed by atoms with Gasteiger partial charge < -0.3 is 11.1 Å². The lowest BCUT2D eigenvalue weighted by Gasteiger charge is -2.44. The number of ketones is 1. The third-order valence-corrected chi connectivity index (χ3v) is 7.12. The number of carbonyl (C=O) groups excluding carboxylic acids is 2. The summed E-state index contributed by atoms with van der Waals surface area (Å²) in [5.74, 6) is -0.465. The van der Waals surface area contributed by atoms with Crippen molar-refractivity contribution < 1.29 is 9.59 Å². The Balaban J connectivity index is 1.90. The van der Waals surface area contributed by atoms with Gasteiger partial charge >= 0.3 is 0 Å². The maximum absolute atomic E-state index is 13.6.